The number of aryl methyl sites for hydroxylation is 1. The van der Waals surface area contributed by atoms with Crippen LogP contribution in [-0.4, -0.2) is 36.5 Å². The molecule has 3 aliphatic heterocycles. The molecule has 0 spiro atoms. The molecule has 4 heterocycles. The smallest absolute Gasteiger partial charge is 0.261 e. The summed E-state index contributed by atoms with van der Waals surface area (Å²) in [6, 6.07) is 11.9. The number of ether oxygens (including phenoxy) is 1. The minimum atomic E-state index is 0.0255. The van der Waals surface area contributed by atoms with Crippen molar-refractivity contribution in [2.24, 2.45) is 5.92 Å². The zero-order chi connectivity index (χ0) is 16.5. The normalized spacial score (nSPS) is 25.5. The van der Waals surface area contributed by atoms with Gasteiger partial charge < -0.3 is 15.0 Å². The van der Waals surface area contributed by atoms with Gasteiger partial charge in [-0.3, -0.25) is 4.79 Å². The summed E-state index contributed by atoms with van der Waals surface area (Å²) in [4.78, 5) is 15.7. The highest BCUT2D eigenvalue weighted by Gasteiger charge is 2.35. The maximum atomic E-state index is 12.5. The largest absolute Gasteiger partial charge is 0.447 e. The van der Waals surface area contributed by atoms with E-state index >= 15 is 0 Å². The van der Waals surface area contributed by atoms with Crippen molar-refractivity contribution in [2.45, 2.75) is 25.8 Å². The lowest BCUT2D eigenvalue weighted by atomic mass is 9.84. The van der Waals surface area contributed by atoms with Crippen LogP contribution in [0, 0.1) is 12.8 Å². The maximum Gasteiger partial charge on any atom is 0.261 e. The highest BCUT2D eigenvalue weighted by molar-refractivity contribution is 7.15. The topological polar surface area (TPSA) is 41.6 Å². The molecule has 0 saturated carbocycles. The Kier molecular flexibility index (Phi) is 4.29. The number of rotatable bonds is 4. The first-order chi connectivity index (χ1) is 11.7. The molecule has 5 rings (SSSR count). The Morgan fingerprint density at radius 1 is 1.17 bits per heavy atom. The molecule has 2 aromatic rings. The van der Waals surface area contributed by atoms with Crippen LogP contribution in [0.3, 0.4) is 0 Å². The first-order valence-electron chi connectivity index (χ1n) is 8.55. The van der Waals surface area contributed by atoms with E-state index in [9.17, 15) is 4.79 Å². The molecular weight excluding hydrogens is 320 g/mol. The summed E-state index contributed by atoms with van der Waals surface area (Å²) in [6.45, 7) is 5.41. The SMILES string of the molecule is Cc1ccc(Oc2ccc(C(=O)N[C@H]3CN4CCC3CC4)s2)cc1. The molecule has 3 saturated heterocycles. The van der Waals surface area contributed by atoms with Gasteiger partial charge >= 0.3 is 0 Å². The first-order valence-corrected chi connectivity index (χ1v) is 9.36. The van der Waals surface area contributed by atoms with Gasteiger partial charge in [0.2, 0.25) is 0 Å². The van der Waals surface area contributed by atoms with Crippen molar-refractivity contribution in [1.29, 1.82) is 0 Å². The molecule has 0 aliphatic carbocycles. The number of amides is 1. The Bertz CT molecular complexity index is 717. The molecule has 0 unspecified atom stereocenters. The predicted octanol–water partition coefficient (Wildman–Crippen LogP) is 3.67. The van der Waals surface area contributed by atoms with Crippen molar-refractivity contribution in [3.63, 3.8) is 0 Å². The second kappa shape index (κ2) is 6.57. The number of carbonyl (C=O) groups excluding carboxylic acids is 1. The number of benzene rings is 1. The summed E-state index contributed by atoms with van der Waals surface area (Å²) in [7, 11) is 0. The molecular formula is C19H22N2O2S. The number of fused-ring (bicyclic) bond motifs is 3. The van der Waals surface area contributed by atoms with E-state index in [0.29, 0.717) is 16.8 Å². The van der Waals surface area contributed by atoms with Crippen LogP contribution in [0.2, 0.25) is 0 Å². The van der Waals surface area contributed by atoms with E-state index in [1.165, 1.54) is 42.8 Å². The van der Waals surface area contributed by atoms with E-state index in [1.807, 2.05) is 43.3 Å². The number of piperidine rings is 3. The van der Waals surface area contributed by atoms with Gasteiger partial charge in [-0.2, -0.15) is 0 Å². The molecule has 1 atom stereocenters. The van der Waals surface area contributed by atoms with Gasteiger partial charge in [0.25, 0.3) is 5.91 Å². The lowest BCUT2D eigenvalue weighted by Crippen LogP contribution is -2.57. The average molecular weight is 342 g/mol. The van der Waals surface area contributed by atoms with E-state index in [1.54, 1.807) is 0 Å². The van der Waals surface area contributed by atoms with Crippen LogP contribution >= 0.6 is 11.3 Å². The number of hydrogen-bond acceptors (Lipinski definition) is 4. The summed E-state index contributed by atoms with van der Waals surface area (Å²) in [5.74, 6) is 1.46. The zero-order valence-corrected chi connectivity index (χ0v) is 14.6. The molecule has 1 aromatic carbocycles. The number of nitrogens with one attached hydrogen (secondary N) is 1. The summed E-state index contributed by atoms with van der Waals surface area (Å²) < 4.78 is 5.83. The van der Waals surface area contributed by atoms with Crippen LogP contribution in [-0.2, 0) is 0 Å². The van der Waals surface area contributed by atoms with Crippen LogP contribution in [0.15, 0.2) is 36.4 Å². The fraction of sp³-hybridized carbons (Fsp3) is 0.421. The Morgan fingerprint density at radius 3 is 2.58 bits per heavy atom. The molecule has 4 nitrogen and oxygen atoms in total. The van der Waals surface area contributed by atoms with Gasteiger partial charge in [0.05, 0.1) is 4.88 Å². The monoisotopic (exact) mass is 342 g/mol. The van der Waals surface area contributed by atoms with Crippen molar-refractivity contribution < 1.29 is 9.53 Å². The summed E-state index contributed by atoms with van der Waals surface area (Å²) in [5.41, 5.74) is 1.20. The molecule has 3 fully saturated rings. The molecule has 24 heavy (non-hydrogen) atoms. The lowest BCUT2D eigenvalue weighted by Gasteiger charge is -2.44. The van der Waals surface area contributed by atoms with Gasteiger partial charge in [-0.25, -0.2) is 0 Å². The number of hydrogen-bond donors (Lipinski definition) is 1. The van der Waals surface area contributed by atoms with E-state index in [-0.39, 0.29) is 5.91 Å². The van der Waals surface area contributed by atoms with E-state index < -0.39 is 0 Å². The summed E-state index contributed by atoms with van der Waals surface area (Å²) in [6.07, 6.45) is 2.41. The van der Waals surface area contributed by atoms with Crippen molar-refractivity contribution >= 4 is 17.2 Å². The standard InChI is InChI=1S/C19H22N2O2S/c1-13-2-4-15(5-3-13)23-18-7-6-17(24-18)19(22)20-16-12-21-10-8-14(16)9-11-21/h2-7,14,16H,8-12H2,1H3,(H,20,22)/t16-/m0/s1. The molecule has 2 bridgehead atoms. The second-order valence-electron chi connectivity index (χ2n) is 6.75. The third kappa shape index (κ3) is 3.32. The molecule has 3 aliphatic rings. The van der Waals surface area contributed by atoms with Gasteiger partial charge in [0.15, 0.2) is 5.06 Å². The third-order valence-electron chi connectivity index (χ3n) is 5.02. The molecule has 1 N–H and O–H groups in total. The fourth-order valence-corrected chi connectivity index (χ4v) is 4.37. The van der Waals surface area contributed by atoms with E-state index in [4.69, 9.17) is 4.74 Å². The van der Waals surface area contributed by atoms with Crippen LogP contribution < -0.4 is 10.1 Å². The first kappa shape index (κ1) is 15.7. The average Bonchev–Trinajstić information content (AvgIpc) is 3.07. The van der Waals surface area contributed by atoms with Crippen molar-refractivity contribution in [2.75, 3.05) is 19.6 Å². The van der Waals surface area contributed by atoms with Crippen LogP contribution in [0.4, 0.5) is 0 Å². The van der Waals surface area contributed by atoms with E-state index in [2.05, 4.69) is 10.2 Å². The predicted molar refractivity (Wildman–Crippen MR) is 96.0 cm³/mol. The van der Waals surface area contributed by atoms with Gasteiger partial charge in [-0.05, 0) is 63.0 Å². The third-order valence-corrected chi connectivity index (χ3v) is 5.98. The Hall–Kier alpha value is -1.85. The van der Waals surface area contributed by atoms with Gasteiger partial charge in [0.1, 0.15) is 5.75 Å². The van der Waals surface area contributed by atoms with Crippen LogP contribution in [0.5, 0.6) is 10.8 Å². The minimum absolute atomic E-state index is 0.0255. The number of nitrogens with zero attached hydrogens (tertiary/aromatic N) is 1. The van der Waals surface area contributed by atoms with Crippen molar-refractivity contribution in [3.8, 4) is 10.8 Å². The maximum absolute atomic E-state index is 12.5. The molecule has 5 heteroatoms. The fourth-order valence-electron chi connectivity index (χ4n) is 3.59. The highest BCUT2D eigenvalue weighted by Crippen LogP contribution is 2.31. The van der Waals surface area contributed by atoms with Crippen molar-refractivity contribution in [3.05, 3.63) is 46.8 Å². The summed E-state index contributed by atoms with van der Waals surface area (Å²) in [5, 5.41) is 3.97. The van der Waals surface area contributed by atoms with Crippen LogP contribution in [0.25, 0.3) is 0 Å². The number of thiophene rings is 1. The molecule has 1 aromatic heterocycles. The zero-order valence-electron chi connectivity index (χ0n) is 13.8. The molecule has 126 valence electrons. The second-order valence-corrected chi connectivity index (χ2v) is 7.80. The Labute approximate surface area is 146 Å². The van der Waals surface area contributed by atoms with Crippen molar-refractivity contribution in [1.82, 2.24) is 10.2 Å². The molecule has 1 amide bonds. The Morgan fingerprint density at radius 2 is 1.92 bits per heavy atom. The van der Waals surface area contributed by atoms with Gasteiger partial charge in [-0.1, -0.05) is 29.0 Å². The van der Waals surface area contributed by atoms with Gasteiger partial charge in [0, 0.05) is 12.6 Å². The summed E-state index contributed by atoms with van der Waals surface area (Å²) >= 11 is 1.40. The highest BCUT2D eigenvalue weighted by atomic mass is 32.1. The Balaban J connectivity index is 1.39. The van der Waals surface area contributed by atoms with Crippen LogP contribution in [0.1, 0.15) is 28.1 Å². The molecule has 0 radical (unpaired) electrons. The quantitative estimate of drug-likeness (QED) is 0.922. The number of carbonyl (C=O) groups is 1. The minimum Gasteiger partial charge on any atom is -0.447 e. The lowest BCUT2D eigenvalue weighted by molar-refractivity contribution is 0.0622. The van der Waals surface area contributed by atoms with E-state index in [0.717, 1.165) is 17.4 Å². The van der Waals surface area contributed by atoms with Gasteiger partial charge in [-0.15, -0.1) is 0 Å².